The highest BCUT2D eigenvalue weighted by atomic mass is 19.1. The number of urea groups is 1. The van der Waals surface area contributed by atoms with Crippen molar-refractivity contribution in [3.05, 3.63) is 42.0 Å². The number of halogens is 1. The van der Waals surface area contributed by atoms with Crippen LogP contribution in [0.25, 0.3) is 11.1 Å². The molecule has 1 fully saturated rings. The van der Waals surface area contributed by atoms with Crippen LogP contribution in [0, 0.1) is 11.7 Å². The van der Waals surface area contributed by atoms with Crippen LogP contribution in [0.2, 0.25) is 0 Å². The van der Waals surface area contributed by atoms with Crippen LogP contribution in [-0.4, -0.2) is 52.2 Å². The summed E-state index contributed by atoms with van der Waals surface area (Å²) in [7, 11) is 0. The largest absolute Gasteiger partial charge is 0.463 e. The molecule has 2 aromatic rings. The molecule has 0 spiro atoms. The first-order chi connectivity index (χ1) is 14.1. The minimum atomic E-state index is -0.470. The van der Waals surface area contributed by atoms with Crippen molar-refractivity contribution in [2.24, 2.45) is 5.92 Å². The second-order valence-electron chi connectivity index (χ2n) is 7.16. The molecule has 2 heterocycles. The van der Waals surface area contributed by atoms with E-state index in [0.717, 1.165) is 19.3 Å². The average Bonchev–Trinajstić information content (AvgIpc) is 2.77. The zero-order valence-corrected chi connectivity index (χ0v) is 16.6. The van der Waals surface area contributed by atoms with Crippen LogP contribution < -0.4 is 10.1 Å². The number of ether oxygens (including phenoxy) is 1. The molecule has 7 nitrogen and oxygen atoms in total. The van der Waals surface area contributed by atoms with Gasteiger partial charge < -0.3 is 20.1 Å². The first-order valence-corrected chi connectivity index (χ1v) is 9.98. The summed E-state index contributed by atoms with van der Waals surface area (Å²) in [5, 5.41) is 12.1. The molecular weight excluding hydrogens is 375 g/mol. The Kier molecular flexibility index (Phi) is 7.35. The predicted molar refractivity (Wildman–Crippen MR) is 107 cm³/mol. The third-order valence-electron chi connectivity index (χ3n) is 5.06. The van der Waals surface area contributed by atoms with Gasteiger partial charge in [-0.25, -0.2) is 19.2 Å². The van der Waals surface area contributed by atoms with Crippen LogP contribution in [-0.2, 0) is 6.61 Å². The number of likely N-dealkylation sites (tertiary alicyclic amines) is 1. The average molecular weight is 402 g/mol. The molecule has 0 atom stereocenters. The molecule has 1 aromatic heterocycles. The van der Waals surface area contributed by atoms with E-state index in [4.69, 9.17) is 4.74 Å². The smallest absolute Gasteiger partial charge is 0.317 e. The molecule has 0 aliphatic carbocycles. The minimum Gasteiger partial charge on any atom is -0.463 e. The molecule has 8 heteroatoms. The number of aliphatic hydroxyl groups excluding tert-OH is 1. The van der Waals surface area contributed by atoms with Gasteiger partial charge >= 0.3 is 12.0 Å². The van der Waals surface area contributed by atoms with Crippen LogP contribution in [0.1, 0.15) is 31.7 Å². The lowest BCUT2D eigenvalue weighted by Gasteiger charge is -2.31. The molecule has 1 aromatic carbocycles. The Hall–Kier alpha value is -2.74. The maximum atomic E-state index is 14.3. The molecule has 2 N–H and O–H groups in total. The second-order valence-corrected chi connectivity index (χ2v) is 7.16. The molecule has 3 rings (SSSR count). The highest BCUT2D eigenvalue weighted by molar-refractivity contribution is 5.74. The third-order valence-corrected chi connectivity index (χ3v) is 5.06. The van der Waals surface area contributed by atoms with Gasteiger partial charge in [0.25, 0.3) is 0 Å². The molecule has 0 radical (unpaired) electrons. The number of aromatic nitrogens is 2. The Labute approximate surface area is 169 Å². The van der Waals surface area contributed by atoms with E-state index in [1.807, 2.05) is 11.8 Å². The first-order valence-electron chi connectivity index (χ1n) is 9.98. The van der Waals surface area contributed by atoms with E-state index in [0.29, 0.717) is 43.3 Å². The summed E-state index contributed by atoms with van der Waals surface area (Å²) in [5.74, 6) is -0.130. The number of piperidine rings is 1. The minimum absolute atomic E-state index is 0.00244. The Bertz CT molecular complexity index is 808. The fourth-order valence-corrected chi connectivity index (χ4v) is 3.29. The zero-order chi connectivity index (χ0) is 20.6. The van der Waals surface area contributed by atoms with Crippen LogP contribution in [0.4, 0.5) is 9.18 Å². The van der Waals surface area contributed by atoms with Crippen LogP contribution in [0.15, 0.2) is 30.6 Å². The summed E-state index contributed by atoms with van der Waals surface area (Å²) >= 11 is 0. The number of hydrogen-bond acceptors (Lipinski definition) is 5. The summed E-state index contributed by atoms with van der Waals surface area (Å²) < 4.78 is 20.0. The molecule has 156 valence electrons. The topological polar surface area (TPSA) is 87.6 Å². The molecule has 0 unspecified atom stereocenters. The van der Waals surface area contributed by atoms with Crippen molar-refractivity contribution in [3.8, 4) is 17.1 Å². The maximum Gasteiger partial charge on any atom is 0.317 e. The lowest BCUT2D eigenvalue weighted by Crippen LogP contribution is -2.45. The van der Waals surface area contributed by atoms with Crippen molar-refractivity contribution in [3.63, 3.8) is 0 Å². The Morgan fingerprint density at radius 2 is 2.03 bits per heavy atom. The number of carbonyl (C=O) groups is 1. The predicted octanol–water partition coefficient (Wildman–Crippen LogP) is 2.99. The normalized spacial score (nSPS) is 14.7. The monoisotopic (exact) mass is 402 g/mol. The van der Waals surface area contributed by atoms with Gasteiger partial charge in [-0.1, -0.05) is 25.1 Å². The number of amides is 2. The summed E-state index contributed by atoms with van der Waals surface area (Å²) in [6.45, 7) is 4.27. The van der Waals surface area contributed by atoms with Gasteiger partial charge in [-0.15, -0.1) is 0 Å². The highest BCUT2D eigenvalue weighted by Gasteiger charge is 2.23. The molecule has 29 heavy (non-hydrogen) atoms. The summed E-state index contributed by atoms with van der Waals surface area (Å²) in [6.07, 6.45) is 5.70. The van der Waals surface area contributed by atoms with Gasteiger partial charge in [-0.3, -0.25) is 0 Å². The van der Waals surface area contributed by atoms with Crippen molar-refractivity contribution in [1.82, 2.24) is 20.2 Å². The number of hydrogen-bond donors (Lipinski definition) is 2. The van der Waals surface area contributed by atoms with Crippen molar-refractivity contribution in [2.75, 3.05) is 26.2 Å². The van der Waals surface area contributed by atoms with E-state index in [9.17, 15) is 14.3 Å². The van der Waals surface area contributed by atoms with Crippen LogP contribution >= 0.6 is 0 Å². The number of rotatable bonds is 7. The number of nitrogens with one attached hydrogen (secondary N) is 1. The van der Waals surface area contributed by atoms with E-state index < -0.39 is 5.82 Å². The lowest BCUT2D eigenvalue weighted by molar-refractivity contribution is 0.141. The number of benzene rings is 1. The Morgan fingerprint density at radius 1 is 1.31 bits per heavy atom. The van der Waals surface area contributed by atoms with Gasteiger partial charge in [0, 0.05) is 48.7 Å². The number of aliphatic hydroxyl groups is 1. The fourth-order valence-electron chi connectivity index (χ4n) is 3.29. The van der Waals surface area contributed by atoms with Gasteiger partial charge in [-0.2, -0.15) is 0 Å². The van der Waals surface area contributed by atoms with E-state index >= 15 is 0 Å². The quantitative estimate of drug-likeness (QED) is 0.743. The summed E-state index contributed by atoms with van der Waals surface area (Å²) in [6, 6.07) is 5.09. The molecule has 1 saturated heterocycles. The van der Waals surface area contributed by atoms with Gasteiger partial charge in [0.1, 0.15) is 5.82 Å². The van der Waals surface area contributed by atoms with Gasteiger partial charge in [-0.05, 0) is 25.2 Å². The van der Waals surface area contributed by atoms with Gasteiger partial charge in [0.05, 0.1) is 13.2 Å². The first kappa shape index (κ1) is 21.0. The molecular formula is C21H27FN4O3. The standard InChI is InChI=1S/C21H27FN4O3/c1-2-8-23-21(28)26-9-6-15(7-10-26)14-29-20-24-11-17(12-25-20)18-5-3-4-16(13-27)19(18)22/h3-5,11-12,15,27H,2,6-10,13-14H2,1H3,(H,23,28). The van der Waals surface area contributed by atoms with E-state index in [1.165, 1.54) is 18.5 Å². The highest BCUT2D eigenvalue weighted by Crippen LogP contribution is 2.25. The SMILES string of the molecule is CCCNC(=O)N1CCC(COc2ncc(-c3cccc(CO)c3F)cn2)CC1. The molecule has 0 bridgehead atoms. The molecule has 1 aliphatic heterocycles. The Morgan fingerprint density at radius 3 is 2.69 bits per heavy atom. The lowest BCUT2D eigenvalue weighted by atomic mass is 9.98. The third kappa shape index (κ3) is 5.41. The summed E-state index contributed by atoms with van der Waals surface area (Å²) in [4.78, 5) is 22.2. The molecule has 0 saturated carbocycles. The van der Waals surface area contributed by atoms with E-state index in [-0.39, 0.29) is 24.2 Å². The van der Waals surface area contributed by atoms with Crippen LogP contribution in [0.5, 0.6) is 6.01 Å². The van der Waals surface area contributed by atoms with Crippen LogP contribution in [0.3, 0.4) is 0 Å². The zero-order valence-electron chi connectivity index (χ0n) is 16.6. The van der Waals surface area contributed by atoms with Gasteiger partial charge in [0.15, 0.2) is 0 Å². The van der Waals surface area contributed by atoms with Crippen molar-refractivity contribution >= 4 is 6.03 Å². The van der Waals surface area contributed by atoms with E-state index in [2.05, 4.69) is 15.3 Å². The van der Waals surface area contributed by atoms with Crippen molar-refractivity contribution in [1.29, 1.82) is 0 Å². The molecule has 2 amide bonds. The van der Waals surface area contributed by atoms with Crippen molar-refractivity contribution in [2.45, 2.75) is 32.8 Å². The van der Waals surface area contributed by atoms with Gasteiger partial charge in [0.2, 0.25) is 0 Å². The fraction of sp³-hybridized carbons (Fsp3) is 0.476. The summed E-state index contributed by atoms with van der Waals surface area (Å²) in [5.41, 5.74) is 1.10. The number of carbonyl (C=O) groups excluding carboxylic acids is 1. The van der Waals surface area contributed by atoms with Crippen molar-refractivity contribution < 1.29 is 19.0 Å². The van der Waals surface area contributed by atoms with E-state index in [1.54, 1.807) is 12.1 Å². The second kappa shape index (κ2) is 10.2. The Balaban J connectivity index is 1.50. The number of nitrogens with zero attached hydrogens (tertiary/aromatic N) is 3. The maximum absolute atomic E-state index is 14.3. The molecule has 1 aliphatic rings.